The van der Waals surface area contributed by atoms with Crippen molar-refractivity contribution in [1.29, 1.82) is 0 Å². The van der Waals surface area contributed by atoms with Gasteiger partial charge in [-0.25, -0.2) is 4.79 Å². The molecule has 32 heavy (non-hydrogen) atoms. The summed E-state index contributed by atoms with van der Waals surface area (Å²) in [5, 5.41) is 6.45. The molecular formula is C23H26F2N4O3. The molecule has 0 aliphatic rings. The van der Waals surface area contributed by atoms with E-state index in [0.717, 1.165) is 10.9 Å². The number of para-hydroxylation sites is 1. The minimum absolute atomic E-state index is 0.0224. The molecule has 0 fully saturated rings. The Kier molecular flexibility index (Phi) is 7.29. The van der Waals surface area contributed by atoms with Crippen molar-refractivity contribution in [2.45, 2.75) is 32.5 Å². The fraction of sp³-hybridized carbons (Fsp3) is 0.304. The number of carbonyl (C=O) groups is 2. The highest BCUT2D eigenvalue weighted by atomic mass is 19.3. The smallest absolute Gasteiger partial charge is 0.387 e. The molecule has 2 N–H and O–H groups in total. The van der Waals surface area contributed by atoms with Crippen LogP contribution in [-0.4, -0.2) is 42.1 Å². The lowest BCUT2D eigenvalue weighted by Crippen LogP contribution is -2.32. The second-order valence-corrected chi connectivity index (χ2v) is 7.48. The zero-order chi connectivity index (χ0) is 23.3. The summed E-state index contributed by atoms with van der Waals surface area (Å²) < 4.78 is 31.9. The van der Waals surface area contributed by atoms with Crippen molar-refractivity contribution in [3.63, 3.8) is 0 Å². The van der Waals surface area contributed by atoms with Gasteiger partial charge in [0, 0.05) is 42.4 Å². The highest BCUT2D eigenvalue weighted by molar-refractivity contribution is 5.93. The van der Waals surface area contributed by atoms with E-state index in [4.69, 9.17) is 0 Å². The maximum absolute atomic E-state index is 12.7. The topological polar surface area (TPSA) is 75.6 Å². The van der Waals surface area contributed by atoms with E-state index in [9.17, 15) is 18.4 Å². The Morgan fingerprint density at radius 1 is 1.12 bits per heavy atom. The molecule has 0 aliphatic heterocycles. The minimum atomic E-state index is -2.95. The van der Waals surface area contributed by atoms with Gasteiger partial charge in [-0.05, 0) is 36.8 Å². The first-order valence-electron chi connectivity index (χ1n) is 10.2. The lowest BCUT2D eigenvalue weighted by atomic mass is 10.0. The molecule has 3 amide bonds. The number of aromatic nitrogens is 1. The Bertz CT molecular complexity index is 1100. The normalized spacial score (nSPS) is 11.9. The third-order valence-electron chi connectivity index (χ3n) is 5.06. The zero-order valence-corrected chi connectivity index (χ0v) is 18.1. The molecule has 170 valence electrons. The van der Waals surface area contributed by atoms with E-state index in [1.54, 1.807) is 44.4 Å². The van der Waals surface area contributed by atoms with Gasteiger partial charge in [-0.1, -0.05) is 25.1 Å². The number of benzene rings is 2. The highest BCUT2D eigenvalue weighted by Gasteiger charge is 2.19. The number of likely N-dealkylation sites (N-methyl/N-ethyl adjacent to an activating group) is 1. The van der Waals surface area contributed by atoms with Crippen LogP contribution >= 0.6 is 0 Å². The van der Waals surface area contributed by atoms with E-state index in [1.165, 1.54) is 11.0 Å². The van der Waals surface area contributed by atoms with Gasteiger partial charge in [0.25, 0.3) is 0 Å². The molecule has 0 radical (unpaired) electrons. The Balaban J connectivity index is 1.71. The first-order valence-corrected chi connectivity index (χ1v) is 10.2. The van der Waals surface area contributed by atoms with Gasteiger partial charge in [0.05, 0.1) is 6.04 Å². The average molecular weight is 444 g/mol. The van der Waals surface area contributed by atoms with Gasteiger partial charge in [0.2, 0.25) is 5.91 Å². The molecule has 9 heteroatoms. The Morgan fingerprint density at radius 2 is 1.88 bits per heavy atom. The molecule has 0 bridgehead atoms. The summed E-state index contributed by atoms with van der Waals surface area (Å²) in [6.45, 7) is -0.884. The van der Waals surface area contributed by atoms with Gasteiger partial charge < -0.3 is 24.8 Å². The number of hydrogen-bond donors (Lipinski definition) is 2. The van der Waals surface area contributed by atoms with Crippen LogP contribution in [0.3, 0.4) is 0 Å². The summed E-state index contributed by atoms with van der Waals surface area (Å²) in [5.74, 6) is 0.00969. The van der Waals surface area contributed by atoms with Crippen molar-refractivity contribution in [2.75, 3.05) is 19.4 Å². The number of hydrogen-bond acceptors (Lipinski definition) is 3. The van der Waals surface area contributed by atoms with Crippen LogP contribution in [0.15, 0.2) is 54.7 Å². The van der Waals surface area contributed by atoms with Crippen molar-refractivity contribution in [2.24, 2.45) is 0 Å². The first-order chi connectivity index (χ1) is 15.3. The third-order valence-corrected chi connectivity index (χ3v) is 5.06. The highest BCUT2D eigenvalue weighted by Crippen LogP contribution is 2.28. The summed E-state index contributed by atoms with van der Waals surface area (Å²) in [6, 6.07) is 12.7. The van der Waals surface area contributed by atoms with Crippen molar-refractivity contribution in [1.82, 2.24) is 14.8 Å². The largest absolute Gasteiger partial charge is 0.434 e. The van der Waals surface area contributed by atoms with E-state index >= 15 is 0 Å². The first kappa shape index (κ1) is 23.1. The molecule has 1 heterocycles. The second-order valence-electron chi connectivity index (χ2n) is 7.48. The third kappa shape index (κ3) is 5.54. The van der Waals surface area contributed by atoms with E-state index < -0.39 is 18.7 Å². The van der Waals surface area contributed by atoms with E-state index in [0.29, 0.717) is 17.7 Å². The fourth-order valence-electron chi connectivity index (χ4n) is 3.40. The van der Waals surface area contributed by atoms with Crippen molar-refractivity contribution >= 4 is 28.5 Å². The number of rotatable bonds is 8. The quantitative estimate of drug-likeness (QED) is 0.533. The van der Waals surface area contributed by atoms with E-state index in [2.05, 4.69) is 15.4 Å². The van der Waals surface area contributed by atoms with E-state index in [1.807, 2.05) is 29.8 Å². The van der Waals surface area contributed by atoms with Crippen LogP contribution in [0.4, 0.5) is 19.3 Å². The van der Waals surface area contributed by atoms with Gasteiger partial charge in [0.15, 0.2) is 0 Å². The second kappa shape index (κ2) is 10.1. The number of ether oxygens (including phenoxy) is 1. The average Bonchev–Trinajstić information content (AvgIpc) is 3.14. The van der Waals surface area contributed by atoms with Gasteiger partial charge in [0.1, 0.15) is 12.3 Å². The molecule has 3 rings (SSSR count). The van der Waals surface area contributed by atoms with E-state index in [-0.39, 0.29) is 18.2 Å². The van der Waals surface area contributed by atoms with Gasteiger partial charge in [-0.15, -0.1) is 0 Å². The standard InChI is InChI=1S/C23H26F2N4O3/c1-4-18(17-7-5-6-8-20(17)32-22(24)25)27-23(31)26-16-9-10-19-15(13-16)11-12-29(19)14-21(30)28(2)3/h5-13,18,22H,4,14H2,1-3H3,(H2,26,27,31). The summed E-state index contributed by atoms with van der Waals surface area (Å²) in [7, 11) is 3.41. The lowest BCUT2D eigenvalue weighted by molar-refractivity contribution is -0.129. The monoisotopic (exact) mass is 444 g/mol. The number of nitrogens with one attached hydrogen (secondary N) is 2. The number of fused-ring (bicyclic) bond motifs is 1. The van der Waals surface area contributed by atoms with Gasteiger partial charge in [-0.3, -0.25) is 4.79 Å². The van der Waals surface area contributed by atoms with Crippen molar-refractivity contribution in [3.05, 3.63) is 60.3 Å². The minimum Gasteiger partial charge on any atom is -0.434 e. The predicted octanol–water partition coefficient (Wildman–Crippen LogP) is 4.60. The number of carbonyl (C=O) groups excluding carboxylic acids is 2. The van der Waals surface area contributed by atoms with Crippen LogP contribution in [0.1, 0.15) is 24.9 Å². The summed E-state index contributed by atoms with van der Waals surface area (Å²) in [6.07, 6.45) is 2.31. The predicted molar refractivity (Wildman–Crippen MR) is 119 cm³/mol. The lowest BCUT2D eigenvalue weighted by Gasteiger charge is -2.21. The van der Waals surface area contributed by atoms with Crippen LogP contribution in [-0.2, 0) is 11.3 Å². The number of halogens is 2. The molecule has 1 aromatic heterocycles. The van der Waals surface area contributed by atoms with Crippen LogP contribution in [0.2, 0.25) is 0 Å². The number of nitrogens with zero attached hydrogens (tertiary/aromatic N) is 2. The Hall–Kier alpha value is -3.62. The fourth-order valence-corrected chi connectivity index (χ4v) is 3.40. The molecule has 0 spiro atoms. The Morgan fingerprint density at radius 3 is 2.56 bits per heavy atom. The molecule has 7 nitrogen and oxygen atoms in total. The summed E-state index contributed by atoms with van der Waals surface area (Å²) in [4.78, 5) is 26.1. The number of alkyl halides is 2. The molecule has 2 aromatic carbocycles. The SMILES string of the molecule is CCC(NC(=O)Nc1ccc2c(ccn2CC(=O)N(C)C)c1)c1ccccc1OC(F)F. The zero-order valence-electron chi connectivity index (χ0n) is 18.1. The number of urea groups is 1. The maximum atomic E-state index is 12.7. The summed E-state index contributed by atoms with van der Waals surface area (Å²) in [5.41, 5.74) is 1.91. The molecule has 3 aromatic rings. The molecule has 0 saturated heterocycles. The van der Waals surface area contributed by atoms with Crippen LogP contribution in [0.5, 0.6) is 5.75 Å². The van der Waals surface area contributed by atoms with Crippen LogP contribution < -0.4 is 15.4 Å². The molecule has 0 saturated carbocycles. The molecule has 1 atom stereocenters. The molecule has 1 unspecified atom stereocenters. The number of amides is 3. The van der Waals surface area contributed by atoms with Crippen molar-refractivity contribution in [3.8, 4) is 5.75 Å². The maximum Gasteiger partial charge on any atom is 0.387 e. The Labute approximate surface area is 185 Å². The molecular weight excluding hydrogens is 418 g/mol. The number of anilines is 1. The summed E-state index contributed by atoms with van der Waals surface area (Å²) >= 11 is 0. The van der Waals surface area contributed by atoms with Crippen molar-refractivity contribution < 1.29 is 23.1 Å². The van der Waals surface area contributed by atoms with Crippen LogP contribution in [0, 0.1) is 0 Å². The van der Waals surface area contributed by atoms with Gasteiger partial charge in [-0.2, -0.15) is 8.78 Å². The van der Waals surface area contributed by atoms with Gasteiger partial charge >= 0.3 is 12.6 Å². The molecule has 0 aliphatic carbocycles. The van der Waals surface area contributed by atoms with Crippen LogP contribution in [0.25, 0.3) is 10.9 Å².